The van der Waals surface area contributed by atoms with Gasteiger partial charge in [0.2, 0.25) is 5.13 Å². The third-order valence-corrected chi connectivity index (χ3v) is 5.15. The van der Waals surface area contributed by atoms with Gasteiger partial charge in [0.05, 0.1) is 23.1 Å². The SMILES string of the molecule is O=C1ONN(c2ccccc2)/C1=C/N=Nc1nc(-c2cc3ccccc3oc2=O)cs1. The monoisotopic (exact) mass is 431 g/mol. The number of thiazole rings is 1. The molecule has 1 N–H and O–H groups in total. The van der Waals surface area contributed by atoms with E-state index < -0.39 is 11.6 Å². The summed E-state index contributed by atoms with van der Waals surface area (Å²) in [5.74, 6) is -0.587. The molecule has 2 aromatic heterocycles. The second-order valence-corrected chi connectivity index (χ2v) is 7.22. The average Bonchev–Trinajstić information content (AvgIpc) is 3.41. The van der Waals surface area contributed by atoms with Crippen molar-refractivity contribution in [1.82, 2.24) is 10.6 Å². The molecule has 1 fully saturated rings. The fourth-order valence-corrected chi connectivity index (χ4v) is 3.61. The summed E-state index contributed by atoms with van der Waals surface area (Å²) in [4.78, 5) is 33.5. The van der Waals surface area contributed by atoms with Crippen LogP contribution < -0.4 is 16.2 Å². The Balaban J connectivity index is 1.40. The van der Waals surface area contributed by atoms with Gasteiger partial charge in [-0.15, -0.1) is 16.5 Å². The molecule has 0 atom stereocenters. The zero-order valence-electron chi connectivity index (χ0n) is 15.8. The van der Waals surface area contributed by atoms with E-state index in [2.05, 4.69) is 20.8 Å². The fourth-order valence-electron chi connectivity index (χ4n) is 2.97. The van der Waals surface area contributed by atoms with E-state index in [-0.39, 0.29) is 5.70 Å². The van der Waals surface area contributed by atoms with Crippen molar-refractivity contribution in [3.63, 3.8) is 0 Å². The fraction of sp³-hybridized carbons (Fsp3) is 0. The first kappa shape index (κ1) is 18.9. The number of nitrogens with one attached hydrogen (secondary N) is 1. The highest BCUT2D eigenvalue weighted by molar-refractivity contribution is 7.13. The lowest BCUT2D eigenvalue weighted by molar-refractivity contribution is -0.140. The molecule has 0 aliphatic carbocycles. The Labute approximate surface area is 178 Å². The topological polar surface area (TPSA) is 109 Å². The molecule has 1 aliphatic heterocycles. The summed E-state index contributed by atoms with van der Waals surface area (Å²) in [7, 11) is 0. The number of nitrogens with zero attached hydrogens (tertiary/aromatic N) is 4. The van der Waals surface area contributed by atoms with Gasteiger partial charge in [0.1, 0.15) is 5.58 Å². The van der Waals surface area contributed by atoms with Crippen LogP contribution in [0.5, 0.6) is 0 Å². The maximum Gasteiger partial charge on any atom is 0.378 e. The predicted octanol–water partition coefficient (Wildman–Crippen LogP) is 4.32. The lowest BCUT2D eigenvalue weighted by Gasteiger charge is -2.14. The van der Waals surface area contributed by atoms with Crippen molar-refractivity contribution in [2.45, 2.75) is 0 Å². The van der Waals surface area contributed by atoms with Crippen LogP contribution >= 0.6 is 11.3 Å². The lowest BCUT2D eigenvalue weighted by atomic mass is 10.1. The Morgan fingerprint density at radius 3 is 2.74 bits per heavy atom. The van der Waals surface area contributed by atoms with Crippen molar-refractivity contribution in [2.75, 3.05) is 5.01 Å². The third-order valence-electron chi connectivity index (χ3n) is 4.43. The van der Waals surface area contributed by atoms with Crippen LogP contribution in [0, 0.1) is 0 Å². The van der Waals surface area contributed by atoms with Crippen LogP contribution in [0.4, 0.5) is 10.8 Å². The summed E-state index contributed by atoms with van der Waals surface area (Å²) in [5.41, 5.74) is 4.21. The molecule has 4 aromatic rings. The maximum atomic E-state index is 12.3. The number of para-hydroxylation sites is 2. The molecule has 10 heteroatoms. The summed E-state index contributed by atoms with van der Waals surface area (Å²) < 4.78 is 5.35. The number of benzene rings is 2. The van der Waals surface area contributed by atoms with Gasteiger partial charge < -0.3 is 9.25 Å². The molecular formula is C21H13N5O4S. The molecular weight excluding hydrogens is 418 g/mol. The quantitative estimate of drug-likeness (QED) is 0.291. The Morgan fingerprint density at radius 1 is 1.06 bits per heavy atom. The van der Waals surface area contributed by atoms with Crippen molar-refractivity contribution in [3.05, 3.63) is 88.4 Å². The highest BCUT2D eigenvalue weighted by Gasteiger charge is 2.29. The van der Waals surface area contributed by atoms with Gasteiger partial charge in [0.15, 0.2) is 5.70 Å². The van der Waals surface area contributed by atoms with E-state index in [1.54, 1.807) is 23.6 Å². The van der Waals surface area contributed by atoms with Crippen molar-refractivity contribution >= 4 is 39.1 Å². The lowest BCUT2D eigenvalue weighted by Crippen LogP contribution is -2.28. The van der Waals surface area contributed by atoms with Crippen LogP contribution in [0.25, 0.3) is 22.2 Å². The third kappa shape index (κ3) is 3.72. The number of azo groups is 1. The molecule has 0 unspecified atom stereocenters. The second kappa shape index (κ2) is 7.94. The average molecular weight is 431 g/mol. The predicted molar refractivity (Wildman–Crippen MR) is 114 cm³/mol. The molecule has 9 nitrogen and oxygen atoms in total. The van der Waals surface area contributed by atoms with Gasteiger partial charge >= 0.3 is 11.6 Å². The van der Waals surface area contributed by atoms with E-state index in [1.807, 2.05) is 42.5 Å². The number of aromatic nitrogens is 1. The molecule has 152 valence electrons. The summed E-state index contributed by atoms with van der Waals surface area (Å²) in [6.07, 6.45) is 1.28. The first-order chi connectivity index (χ1) is 15.2. The molecule has 0 saturated carbocycles. The minimum atomic E-state index is -0.587. The number of fused-ring (bicyclic) bond motifs is 1. The number of rotatable bonds is 4. The number of anilines is 1. The van der Waals surface area contributed by atoms with Crippen LogP contribution in [-0.4, -0.2) is 11.0 Å². The van der Waals surface area contributed by atoms with Crippen molar-refractivity contribution in [2.24, 2.45) is 10.2 Å². The summed E-state index contributed by atoms with van der Waals surface area (Å²) in [6, 6.07) is 18.1. The van der Waals surface area contributed by atoms with Gasteiger partial charge in [-0.3, -0.25) is 0 Å². The van der Waals surface area contributed by atoms with Crippen LogP contribution in [0.3, 0.4) is 0 Å². The van der Waals surface area contributed by atoms with Crippen LogP contribution in [-0.2, 0) is 9.63 Å². The number of hydrazine groups is 1. The highest BCUT2D eigenvalue weighted by atomic mass is 32.1. The normalized spacial score (nSPS) is 15.3. The second-order valence-electron chi connectivity index (χ2n) is 6.38. The zero-order valence-corrected chi connectivity index (χ0v) is 16.6. The zero-order chi connectivity index (χ0) is 21.2. The smallest absolute Gasteiger partial charge is 0.378 e. The minimum Gasteiger partial charge on any atom is -0.422 e. The summed E-state index contributed by atoms with van der Waals surface area (Å²) in [6.45, 7) is 0. The van der Waals surface area contributed by atoms with E-state index in [4.69, 9.17) is 9.25 Å². The van der Waals surface area contributed by atoms with E-state index >= 15 is 0 Å². The van der Waals surface area contributed by atoms with Gasteiger partial charge in [-0.25, -0.2) is 19.6 Å². The maximum absolute atomic E-state index is 12.3. The number of hydrogen-bond donors (Lipinski definition) is 1. The van der Waals surface area contributed by atoms with Crippen molar-refractivity contribution in [3.8, 4) is 11.3 Å². The molecule has 2 aromatic carbocycles. The van der Waals surface area contributed by atoms with E-state index in [0.717, 1.165) is 5.39 Å². The summed E-state index contributed by atoms with van der Waals surface area (Å²) in [5, 5.41) is 12.3. The Hall–Kier alpha value is -4.15. The number of hydrogen-bond acceptors (Lipinski definition) is 10. The summed E-state index contributed by atoms with van der Waals surface area (Å²) >= 11 is 1.21. The van der Waals surface area contributed by atoms with Gasteiger partial charge in [0, 0.05) is 10.8 Å². The molecule has 1 aliphatic rings. The Kier molecular flexibility index (Phi) is 4.83. The standard InChI is InChI=1S/C21H13N5O4S/c27-19-15(10-13-6-4-5-9-18(13)29-19)16-12-31-21(23-16)24-22-11-17-20(28)30-25-26(17)14-7-2-1-3-8-14/h1-12,25H/b17-11+,24-22?. The van der Waals surface area contributed by atoms with E-state index in [9.17, 15) is 9.59 Å². The van der Waals surface area contributed by atoms with Gasteiger partial charge in [-0.1, -0.05) is 42.0 Å². The minimum absolute atomic E-state index is 0.168. The highest BCUT2D eigenvalue weighted by Crippen LogP contribution is 2.27. The van der Waals surface area contributed by atoms with Gasteiger partial charge in [-0.05, 0) is 24.3 Å². The molecule has 0 spiro atoms. The largest absolute Gasteiger partial charge is 0.422 e. The van der Waals surface area contributed by atoms with Gasteiger partial charge in [-0.2, -0.15) is 5.11 Å². The first-order valence-electron chi connectivity index (χ1n) is 9.11. The van der Waals surface area contributed by atoms with Crippen LogP contribution in [0.15, 0.2) is 97.4 Å². The van der Waals surface area contributed by atoms with E-state index in [1.165, 1.54) is 22.5 Å². The molecule has 3 heterocycles. The molecule has 0 amide bonds. The van der Waals surface area contributed by atoms with Gasteiger partial charge in [0.25, 0.3) is 0 Å². The molecule has 0 bridgehead atoms. The number of carbonyl (C=O) groups is 1. The van der Waals surface area contributed by atoms with Crippen LogP contribution in [0.1, 0.15) is 0 Å². The van der Waals surface area contributed by atoms with Crippen molar-refractivity contribution < 1.29 is 14.0 Å². The molecule has 0 radical (unpaired) electrons. The van der Waals surface area contributed by atoms with E-state index in [0.29, 0.717) is 27.7 Å². The Bertz CT molecular complexity index is 1390. The molecule has 5 rings (SSSR count). The van der Waals surface area contributed by atoms with Crippen LogP contribution in [0.2, 0.25) is 0 Å². The number of carbonyl (C=O) groups excluding carboxylic acids is 1. The Morgan fingerprint density at radius 2 is 1.87 bits per heavy atom. The first-order valence-corrected chi connectivity index (χ1v) is 9.99. The van der Waals surface area contributed by atoms with Crippen molar-refractivity contribution in [1.29, 1.82) is 0 Å². The molecule has 31 heavy (non-hydrogen) atoms. The molecule has 1 saturated heterocycles.